The van der Waals surface area contributed by atoms with Crippen LogP contribution in [0.15, 0.2) is 57.9 Å². The van der Waals surface area contributed by atoms with Crippen molar-refractivity contribution in [1.29, 1.82) is 0 Å². The lowest BCUT2D eigenvalue weighted by atomic mass is 10.1. The number of rotatable bonds is 7. The number of hydrogen-bond acceptors (Lipinski definition) is 5. The van der Waals surface area contributed by atoms with E-state index in [4.69, 9.17) is 5.14 Å². The fourth-order valence-electron chi connectivity index (χ4n) is 3.80. The molecule has 1 unspecified atom stereocenters. The summed E-state index contributed by atoms with van der Waals surface area (Å²) >= 11 is 3.34. The summed E-state index contributed by atoms with van der Waals surface area (Å²) in [5, 5.41) is 5.13. The number of anilines is 1. The van der Waals surface area contributed by atoms with Gasteiger partial charge in [0.05, 0.1) is 17.0 Å². The zero-order valence-electron chi connectivity index (χ0n) is 17.1. The summed E-state index contributed by atoms with van der Waals surface area (Å²) in [5.41, 5.74) is 1.27. The van der Waals surface area contributed by atoms with Crippen LogP contribution in [0.2, 0.25) is 0 Å². The van der Waals surface area contributed by atoms with E-state index in [1.165, 1.54) is 17.0 Å². The number of amides is 3. The number of primary sulfonamides is 1. The second-order valence-electron chi connectivity index (χ2n) is 8.01. The number of sulfonamides is 1. The fraction of sp³-hybridized carbons (Fsp3) is 0.318. The SMILES string of the molecule is NS(=O)(=O)c1ccc(CCN(C(=O)C2CC2)C2CC(=O)N(c3ccc(Br)cc3)C2=O)cc1. The van der Waals surface area contributed by atoms with Gasteiger partial charge >= 0.3 is 0 Å². The van der Waals surface area contributed by atoms with Crippen LogP contribution >= 0.6 is 15.9 Å². The normalized spacial score (nSPS) is 18.8. The molecular weight excluding hydrogens is 498 g/mol. The lowest BCUT2D eigenvalue weighted by Crippen LogP contribution is -2.47. The molecule has 2 N–H and O–H groups in total. The Hall–Kier alpha value is -2.56. The molecule has 2 aliphatic rings. The van der Waals surface area contributed by atoms with Crippen LogP contribution in [0.5, 0.6) is 0 Å². The van der Waals surface area contributed by atoms with Crippen LogP contribution in [0, 0.1) is 5.92 Å². The van der Waals surface area contributed by atoms with Crippen molar-refractivity contribution in [2.75, 3.05) is 11.4 Å². The lowest BCUT2D eigenvalue weighted by molar-refractivity contribution is -0.139. The van der Waals surface area contributed by atoms with E-state index >= 15 is 0 Å². The van der Waals surface area contributed by atoms with Crippen LogP contribution in [-0.4, -0.2) is 43.6 Å². The zero-order chi connectivity index (χ0) is 23.0. The van der Waals surface area contributed by atoms with Gasteiger partial charge in [-0.2, -0.15) is 0 Å². The summed E-state index contributed by atoms with van der Waals surface area (Å²) in [6, 6.07) is 12.1. The van der Waals surface area contributed by atoms with E-state index in [-0.39, 0.29) is 35.6 Å². The van der Waals surface area contributed by atoms with Crippen LogP contribution < -0.4 is 10.0 Å². The van der Waals surface area contributed by atoms with Crippen LogP contribution in [0.3, 0.4) is 0 Å². The molecule has 0 bridgehead atoms. The first kappa shape index (κ1) is 22.6. The summed E-state index contributed by atoms with van der Waals surface area (Å²) < 4.78 is 23.7. The third kappa shape index (κ3) is 4.77. The van der Waals surface area contributed by atoms with Gasteiger partial charge in [-0.3, -0.25) is 14.4 Å². The quantitative estimate of drug-likeness (QED) is 0.562. The van der Waals surface area contributed by atoms with Gasteiger partial charge in [0.25, 0.3) is 5.91 Å². The van der Waals surface area contributed by atoms with E-state index in [1.54, 1.807) is 36.4 Å². The number of halogens is 1. The number of hydrogen-bond donors (Lipinski definition) is 1. The Labute approximate surface area is 194 Å². The molecule has 2 aromatic carbocycles. The topological polar surface area (TPSA) is 118 Å². The van der Waals surface area contributed by atoms with Crippen molar-refractivity contribution in [3.8, 4) is 0 Å². The molecule has 1 aliphatic heterocycles. The third-order valence-electron chi connectivity index (χ3n) is 5.69. The van der Waals surface area contributed by atoms with Crippen molar-refractivity contribution in [3.63, 3.8) is 0 Å². The Morgan fingerprint density at radius 2 is 1.69 bits per heavy atom. The second-order valence-corrected chi connectivity index (χ2v) is 10.5. The highest BCUT2D eigenvalue weighted by atomic mass is 79.9. The molecule has 32 heavy (non-hydrogen) atoms. The van der Waals surface area contributed by atoms with E-state index in [0.29, 0.717) is 12.1 Å². The highest BCUT2D eigenvalue weighted by molar-refractivity contribution is 9.10. The first-order valence-corrected chi connectivity index (χ1v) is 12.5. The van der Waals surface area contributed by atoms with Gasteiger partial charge in [0.15, 0.2) is 0 Å². The van der Waals surface area contributed by atoms with Gasteiger partial charge < -0.3 is 4.90 Å². The molecule has 4 rings (SSSR count). The van der Waals surface area contributed by atoms with Crippen LogP contribution in [-0.2, 0) is 30.8 Å². The van der Waals surface area contributed by atoms with E-state index in [9.17, 15) is 22.8 Å². The molecule has 0 aromatic heterocycles. The molecular formula is C22H22BrN3O5S. The van der Waals surface area contributed by atoms with Gasteiger partial charge in [-0.05, 0) is 61.2 Å². The predicted molar refractivity (Wildman–Crippen MR) is 121 cm³/mol. The van der Waals surface area contributed by atoms with Crippen LogP contribution in [0.25, 0.3) is 0 Å². The minimum absolute atomic E-state index is 0.00821. The standard InChI is InChI=1S/C22H22BrN3O5S/c23-16-5-7-17(8-6-16)26-20(27)13-19(22(26)29)25(21(28)15-3-4-15)12-11-14-1-9-18(10-2-14)32(24,30)31/h1-2,5-10,15,19H,3-4,11-13H2,(H2,24,30,31). The second kappa shape index (κ2) is 8.76. The Kier molecular flexibility index (Phi) is 6.19. The Balaban J connectivity index is 1.53. The maximum absolute atomic E-state index is 13.2. The van der Waals surface area contributed by atoms with E-state index in [2.05, 4.69) is 15.9 Å². The molecule has 1 heterocycles. The molecule has 0 spiro atoms. The van der Waals surface area contributed by atoms with Gasteiger partial charge in [-0.25, -0.2) is 18.5 Å². The van der Waals surface area contributed by atoms with Crippen molar-refractivity contribution in [2.45, 2.75) is 36.6 Å². The number of nitrogens with two attached hydrogens (primary N) is 1. The monoisotopic (exact) mass is 519 g/mol. The molecule has 1 atom stereocenters. The van der Waals surface area contributed by atoms with Crippen molar-refractivity contribution in [1.82, 2.24) is 4.90 Å². The first-order chi connectivity index (χ1) is 15.1. The maximum Gasteiger partial charge on any atom is 0.257 e. The maximum atomic E-state index is 13.2. The summed E-state index contributed by atoms with van der Waals surface area (Å²) in [7, 11) is -3.78. The highest BCUT2D eigenvalue weighted by Crippen LogP contribution is 2.34. The molecule has 2 aromatic rings. The summed E-state index contributed by atoms with van der Waals surface area (Å²) in [4.78, 5) is 41.5. The minimum Gasteiger partial charge on any atom is -0.330 e. The van der Waals surface area contributed by atoms with Crippen LogP contribution in [0.4, 0.5) is 5.69 Å². The van der Waals surface area contributed by atoms with Gasteiger partial charge in [0.2, 0.25) is 21.8 Å². The number of carbonyl (C=O) groups excluding carboxylic acids is 3. The molecule has 8 nitrogen and oxygen atoms in total. The van der Waals surface area contributed by atoms with Crippen molar-refractivity contribution < 1.29 is 22.8 Å². The minimum atomic E-state index is -3.78. The Bertz CT molecular complexity index is 1160. The number of nitrogens with zero attached hydrogens (tertiary/aromatic N) is 2. The molecule has 1 saturated carbocycles. The zero-order valence-corrected chi connectivity index (χ0v) is 19.5. The Morgan fingerprint density at radius 1 is 1.06 bits per heavy atom. The lowest BCUT2D eigenvalue weighted by Gasteiger charge is -2.28. The molecule has 168 valence electrons. The van der Waals surface area contributed by atoms with Gasteiger partial charge in [0.1, 0.15) is 6.04 Å². The smallest absolute Gasteiger partial charge is 0.257 e. The number of imide groups is 1. The molecule has 2 fully saturated rings. The molecule has 10 heteroatoms. The van der Waals surface area contributed by atoms with Gasteiger partial charge in [-0.1, -0.05) is 28.1 Å². The van der Waals surface area contributed by atoms with Crippen molar-refractivity contribution in [3.05, 3.63) is 58.6 Å². The Morgan fingerprint density at radius 3 is 2.25 bits per heavy atom. The molecule has 1 saturated heterocycles. The average molecular weight is 520 g/mol. The predicted octanol–water partition coefficient (Wildman–Crippen LogP) is 2.21. The fourth-order valence-corrected chi connectivity index (χ4v) is 4.58. The first-order valence-electron chi connectivity index (χ1n) is 10.2. The van der Waals surface area contributed by atoms with E-state index < -0.39 is 22.0 Å². The largest absolute Gasteiger partial charge is 0.330 e. The number of carbonyl (C=O) groups is 3. The summed E-state index contributed by atoms with van der Waals surface area (Å²) in [6.07, 6.45) is 1.92. The molecule has 1 aliphatic carbocycles. The van der Waals surface area contributed by atoms with Crippen molar-refractivity contribution >= 4 is 49.4 Å². The summed E-state index contributed by atoms with van der Waals surface area (Å²) in [5.74, 6) is -0.969. The highest BCUT2D eigenvalue weighted by Gasteiger charge is 2.46. The van der Waals surface area contributed by atoms with Gasteiger partial charge in [0, 0.05) is 16.9 Å². The van der Waals surface area contributed by atoms with Crippen molar-refractivity contribution in [2.24, 2.45) is 11.1 Å². The van der Waals surface area contributed by atoms with Crippen LogP contribution in [0.1, 0.15) is 24.8 Å². The number of benzene rings is 2. The molecule has 3 amide bonds. The average Bonchev–Trinajstić information content (AvgIpc) is 3.55. The van der Waals surface area contributed by atoms with E-state index in [1.807, 2.05) is 0 Å². The van der Waals surface area contributed by atoms with Gasteiger partial charge in [-0.15, -0.1) is 0 Å². The van der Waals surface area contributed by atoms with E-state index in [0.717, 1.165) is 27.8 Å². The summed E-state index contributed by atoms with van der Waals surface area (Å²) in [6.45, 7) is 0.252. The third-order valence-corrected chi connectivity index (χ3v) is 7.14. The molecule has 0 radical (unpaired) electrons.